The van der Waals surface area contributed by atoms with Crippen LogP contribution in [0.1, 0.15) is 18.0 Å². The fraction of sp³-hybridized carbons (Fsp3) is 0.538. The molecule has 1 aromatic carbocycles. The molecule has 0 amide bonds. The number of hydrogen-bond donors (Lipinski definition) is 1. The van der Waals surface area contributed by atoms with Gasteiger partial charge in [0.15, 0.2) is 0 Å². The van der Waals surface area contributed by atoms with Gasteiger partial charge in [0.25, 0.3) is 0 Å². The van der Waals surface area contributed by atoms with E-state index in [1.807, 2.05) is 19.2 Å². The summed E-state index contributed by atoms with van der Waals surface area (Å²) in [6.07, 6.45) is 1.09. The van der Waals surface area contributed by atoms with Crippen molar-refractivity contribution in [2.24, 2.45) is 0 Å². The topological polar surface area (TPSA) is 24.5 Å². The Morgan fingerprint density at radius 2 is 2.12 bits per heavy atom. The maximum Gasteiger partial charge on any atom is 0.119 e. The molecule has 1 unspecified atom stereocenters. The molecular formula is C13H22N2O. The minimum atomic E-state index is 0.433. The molecule has 3 heteroatoms. The van der Waals surface area contributed by atoms with Gasteiger partial charge in [0.1, 0.15) is 5.75 Å². The highest BCUT2D eigenvalue weighted by molar-refractivity contribution is 5.30. The van der Waals surface area contributed by atoms with Crippen LogP contribution in [0, 0.1) is 0 Å². The van der Waals surface area contributed by atoms with Crippen molar-refractivity contribution in [1.29, 1.82) is 0 Å². The van der Waals surface area contributed by atoms with Crippen LogP contribution in [-0.2, 0) is 0 Å². The van der Waals surface area contributed by atoms with Crippen LogP contribution in [0.2, 0.25) is 0 Å². The summed E-state index contributed by atoms with van der Waals surface area (Å²) in [6, 6.07) is 8.73. The fourth-order valence-electron chi connectivity index (χ4n) is 1.85. The van der Waals surface area contributed by atoms with Crippen LogP contribution < -0.4 is 10.1 Å². The van der Waals surface area contributed by atoms with E-state index in [2.05, 4.69) is 36.4 Å². The molecule has 0 aliphatic carbocycles. The third kappa shape index (κ3) is 3.51. The van der Waals surface area contributed by atoms with Crippen molar-refractivity contribution >= 4 is 0 Å². The Balaban J connectivity index is 2.82. The van der Waals surface area contributed by atoms with Crippen molar-refractivity contribution in [1.82, 2.24) is 10.2 Å². The molecule has 0 saturated heterocycles. The Morgan fingerprint density at radius 3 is 2.69 bits per heavy atom. The average molecular weight is 222 g/mol. The zero-order valence-corrected chi connectivity index (χ0v) is 10.7. The van der Waals surface area contributed by atoms with E-state index < -0.39 is 0 Å². The minimum Gasteiger partial charge on any atom is -0.497 e. The Kier molecular flexibility index (Phi) is 5.29. The SMILES string of the molecule is CNCCC(c1cccc(OC)c1)N(C)C. The summed E-state index contributed by atoms with van der Waals surface area (Å²) in [5, 5.41) is 3.19. The first-order valence-corrected chi connectivity index (χ1v) is 5.64. The van der Waals surface area contributed by atoms with Crippen LogP contribution in [0.15, 0.2) is 24.3 Å². The summed E-state index contributed by atoms with van der Waals surface area (Å²) in [5.41, 5.74) is 1.31. The number of nitrogens with zero attached hydrogens (tertiary/aromatic N) is 1. The van der Waals surface area contributed by atoms with Gasteiger partial charge in [-0.1, -0.05) is 12.1 Å². The van der Waals surface area contributed by atoms with Gasteiger partial charge in [0, 0.05) is 6.04 Å². The lowest BCUT2D eigenvalue weighted by Gasteiger charge is -2.25. The molecule has 3 nitrogen and oxygen atoms in total. The summed E-state index contributed by atoms with van der Waals surface area (Å²) in [4.78, 5) is 2.24. The second-order valence-corrected chi connectivity index (χ2v) is 4.15. The van der Waals surface area contributed by atoms with E-state index in [0.717, 1.165) is 18.7 Å². The van der Waals surface area contributed by atoms with E-state index in [1.54, 1.807) is 7.11 Å². The van der Waals surface area contributed by atoms with Crippen LogP contribution in [-0.4, -0.2) is 39.7 Å². The van der Waals surface area contributed by atoms with Crippen molar-refractivity contribution in [2.75, 3.05) is 34.8 Å². The summed E-state index contributed by atoms with van der Waals surface area (Å²) in [6.45, 7) is 1.01. The van der Waals surface area contributed by atoms with Gasteiger partial charge in [-0.05, 0) is 51.8 Å². The van der Waals surface area contributed by atoms with Crippen LogP contribution >= 0.6 is 0 Å². The quantitative estimate of drug-likeness (QED) is 0.795. The number of nitrogens with one attached hydrogen (secondary N) is 1. The molecule has 1 aromatic rings. The Hall–Kier alpha value is -1.06. The summed E-state index contributed by atoms with van der Waals surface area (Å²) >= 11 is 0. The molecule has 0 aliphatic heterocycles. The van der Waals surface area contributed by atoms with Gasteiger partial charge in [-0.2, -0.15) is 0 Å². The van der Waals surface area contributed by atoms with Crippen molar-refractivity contribution in [3.63, 3.8) is 0 Å². The number of rotatable bonds is 6. The van der Waals surface area contributed by atoms with E-state index in [4.69, 9.17) is 4.74 Å². The van der Waals surface area contributed by atoms with Crippen molar-refractivity contribution in [2.45, 2.75) is 12.5 Å². The largest absolute Gasteiger partial charge is 0.497 e. The number of methoxy groups -OCH3 is 1. The molecule has 1 N–H and O–H groups in total. The van der Waals surface area contributed by atoms with Gasteiger partial charge in [0.2, 0.25) is 0 Å². The molecule has 0 saturated carbocycles. The number of hydrogen-bond acceptors (Lipinski definition) is 3. The zero-order chi connectivity index (χ0) is 12.0. The van der Waals surface area contributed by atoms with E-state index >= 15 is 0 Å². The molecule has 1 rings (SSSR count). The molecule has 0 radical (unpaired) electrons. The standard InChI is InChI=1S/C13H22N2O/c1-14-9-8-13(15(2)3)11-6-5-7-12(10-11)16-4/h5-7,10,13-14H,8-9H2,1-4H3. The van der Waals surface area contributed by atoms with Gasteiger partial charge < -0.3 is 15.0 Å². The minimum absolute atomic E-state index is 0.433. The maximum atomic E-state index is 5.26. The van der Waals surface area contributed by atoms with Gasteiger partial charge in [-0.3, -0.25) is 0 Å². The summed E-state index contributed by atoms with van der Waals surface area (Å²) < 4.78 is 5.26. The smallest absolute Gasteiger partial charge is 0.119 e. The third-order valence-corrected chi connectivity index (χ3v) is 2.77. The monoisotopic (exact) mass is 222 g/mol. The predicted molar refractivity (Wildman–Crippen MR) is 68.0 cm³/mol. The van der Waals surface area contributed by atoms with Gasteiger partial charge in [0.05, 0.1) is 7.11 Å². The molecule has 0 fully saturated rings. The molecule has 0 aromatic heterocycles. The molecule has 0 bridgehead atoms. The number of benzene rings is 1. The molecule has 0 aliphatic rings. The molecule has 0 heterocycles. The van der Waals surface area contributed by atoms with Crippen LogP contribution in [0.25, 0.3) is 0 Å². The highest BCUT2D eigenvalue weighted by atomic mass is 16.5. The zero-order valence-electron chi connectivity index (χ0n) is 10.7. The van der Waals surface area contributed by atoms with Crippen LogP contribution in [0.3, 0.4) is 0 Å². The first kappa shape index (κ1) is 13.0. The lowest BCUT2D eigenvalue weighted by molar-refractivity contribution is 0.282. The van der Waals surface area contributed by atoms with Crippen molar-refractivity contribution in [3.8, 4) is 5.75 Å². The summed E-state index contributed by atoms with van der Waals surface area (Å²) in [5.74, 6) is 0.925. The lowest BCUT2D eigenvalue weighted by atomic mass is 10.0. The third-order valence-electron chi connectivity index (χ3n) is 2.77. The van der Waals surface area contributed by atoms with Gasteiger partial charge >= 0.3 is 0 Å². The van der Waals surface area contributed by atoms with E-state index in [0.29, 0.717) is 6.04 Å². The first-order valence-electron chi connectivity index (χ1n) is 5.64. The van der Waals surface area contributed by atoms with Crippen LogP contribution in [0.4, 0.5) is 0 Å². The van der Waals surface area contributed by atoms with Crippen LogP contribution in [0.5, 0.6) is 5.75 Å². The summed E-state index contributed by atoms with van der Waals surface area (Å²) in [7, 11) is 7.91. The Morgan fingerprint density at radius 1 is 1.38 bits per heavy atom. The van der Waals surface area contributed by atoms with Crippen molar-refractivity contribution in [3.05, 3.63) is 29.8 Å². The molecule has 16 heavy (non-hydrogen) atoms. The van der Waals surface area contributed by atoms with Crippen molar-refractivity contribution < 1.29 is 4.74 Å². The average Bonchev–Trinajstić information content (AvgIpc) is 2.29. The van der Waals surface area contributed by atoms with E-state index in [-0.39, 0.29) is 0 Å². The Bertz CT molecular complexity index is 313. The predicted octanol–water partition coefficient (Wildman–Crippen LogP) is 1.91. The fourth-order valence-corrected chi connectivity index (χ4v) is 1.85. The molecule has 1 atom stereocenters. The van der Waals surface area contributed by atoms with Gasteiger partial charge in [-0.15, -0.1) is 0 Å². The maximum absolute atomic E-state index is 5.26. The highest BCUT2D eigenvalue weighted by Crippen LogP contribution is 2.24. The lowest BCUT2D eigenvalue weighted by Crippen LogP contribution is -2.23. The highest BCUT2D eigenvalue weighted by Gasteiger charge is 2.13. The van der Waals surface area contributed by atoms with E-state index in [1.165, 1.54) is 5.56 Å². The second-order valence-electron chi connectivity index (χ2n) is 4.15. The normalized spacial score (nSPS) is 12.8. The first-order chi connectivity index (χ1) is 7.69. The molecule has 0 spiro atoms. The van der Waals surface area contributed by atoms with E-state index in [9.17, 15) is 0 Å². The Labute approximate surface area is 98.4 Å². The second kappa shape index (κ2) is 6.51. The number of ether oxygens (including phenoxy) is 1. The van der Waals surface area contributed by atoms with Gasteiger partial charge in [-0.25, -0.2) is 0 Å². The molecule has 90 valence electrons. The molecular weight excluding hydrogens is 200 g/mol.